The Morgan fingerprint density at radius 3 is 3.21 bits per heavy atom. The number of rotatable bonds is 1. The van der Waals surface area contributed by atoms with Gasteiger partial charge in [-0.25, -0.2) is 0 Å². The molecule has 3 nitrogen and oxygen atoms in total. The molecule has 0 radical (unpaired) electrons. The summed E-state index contributed by atoms with van der Waals surface area (Å²) in [5.41, 5.74) is 1.11. The SMILES string of the molecule is COC(=O)C1CCC2=C1S(O)=CC=C2. The van der Waals surface area contributed by atoms with Gasteiger partial charge in [-0.3, -0.25) is 4.79 Å². The Balaban J connectivity index is 2.34. The van der Waals surface area contributed by atoms with E-state index in [9.17, 15) is 9.35 Å². The third kappa shape index (κ3) is 1.44. The van der Waals surface area contributed by atoms with Crippen LogP contribution in [0.1, 0.15) is 12.8 Å². The first kappa shape index (κ1) is 9.68. The molecule has 1 aliphatic carbocycles. The van der Waals surface area contributed by atoms with E-state index < -0.39 is 10.8 Å². The molecule has 76 valence electrons. The molecule has 2 rings (SSSR count). The van der Waals surface area contributed by atoms with Gasteiger partial charge in [0.15, 0.2) is 0 Å². The van der Waals surface area contributed by atoms with Gasteiger partial charge in [-0.2, -0.15) is 0 Å². The van der Waals surface area contributed by atoms with Gasteiger partial charge >= 0.3 is 5.97 Å². The van der Waals surface area contributed by atoms with Crippen molar-refractivity contribution in [3.8, 4) is 0 Å². The average Bonchev–Trinajstić information content (AvgIpc) is 2.62. The molecule has 1 N–H and O–H groups in total. The van der Waals surface area contributed by atoms with Crippen molar-refractivity contribution in [3.05, 3.63) is 22.6 Å². The number of ether oxygens (including phenoxy) is 1. The second-order valence-electron chi connectivity index (χ2n) is 3.31. The first-order chi connectivity index (χ1) is 6.74. The molecule has 0 saturated heterocycles. The molecular weight excluding hydrogens is 200 g/mol. The van der Waals surface area contributed by atoms with Crippen molar-refractivity contribution >= 4 is 22.1 Å². The Hall–Kier alpha value is -0.870. The number of hydrogen-bond acceptors (Lipinski definition) is 3. The van der Waals surface area contributed by atoms with Gasteiger partial charge in [0.1, 0.15) is 0 Å². The monoisotopic (exact) mass is 212 g/mol. The summed E-state index contributed by atoms with van der Waals surface area (Å²) in [6, 6.07) is 0. The van der Waals surface area contributed by atoms with Crippen LogP contribution < -0.4 is 0 Å². The Bertz CT molecular complexity index is 366. The van der Waals surface area contributed by atoms with E-state index in [0.717, 1.165) is 23.3 Å². The number of hydrogen-bond donors (Lipinski definition) is 1. The lowest BCUT2D eigenvalue weighted by Gasteiger charge is -2.14. The minimum absolute atomic E-state index is 0.231. The molecule has 0 amide bonds. The van der Waals surface area contributed by atoms with Gasteiger partial charge in [0.2, 0.25) is 0 Å². The van der Waals surface area contributed by atoms with Gasteiger partial charge in [0, 0.05) is 4.91 Å². The van der Waals surface area contributed by atoms with E-state index in [4.69, 9.17) is 4.74 Å². The smallest absolute Gasteiger partial charge is 0.313 e. The van der Waals surface area contributed by atoms with Crippen molar-refractivity contribution in [1.29, 1.82) is 0 Å². The Morgan fingerprint density at radius 1 is 1.71 bits per heavy atom. The molecule has 0 saturated carbocycles. The average molecular weight is 212 g/mol. The summed E-state index contributed by atoms with van der Waals surface area (Å²) in [6.07, 6.45) is 5.45. The molecular formula is C10H12O3S. The lowest BCUT2D eigenvalue weighted by atomic mass is 10.1. The van der Waals surface area contributed by atoms with Crippen LogP contribution in [0.15, 0.2) is 22.6 Å². The highest BCUT2D eigenvalue weighted by Gasteiger charge is 2.33. The molecule has 1 aliphatic heterocycles. The Kier molecular flexibility index (Phi) is 2.56. The maximum atomic E-state index is 11.4. The van der Waals surface area contributed by atoms with Crippen LogP contribution in [-0.2, 0) is 9.53 Å². The number of esters is 1. The van der Waals surface area contributed by atoms with Gasteiger partial charge < -0.3 is 9.29 Å². The summed E-state index contributed by atoms with van der Waals surface area (Å²) >= 11 is 0. The van der Waals surface area contributed by atoms with Crippen LogP contribution in [0.25, 0.3) is 0 Å². The molecule has 0 spiro atoms. The largest absolute Gasteiger partial charge is 0.469 e. The van der Waals surface area contributed by atoms with Gasteiger partial charge in [0.25, 0.3) is 0 Å². The summed E-state index contributed by atoms with van der Waals surface area (Å²) in [5, 5.41) is 1.72. The van der Waals surface area contributed by atoms with E-state index in [1.165, 1.54) is 7.11 Å². The molecule has 0 aromatic rings. The van der Waals surface area contributed by atoms with Crippen molar-refractivity contribution in [2.75, 3.05) is 7.11 Å². The van der Waals surface area contributed by atoms with Gasteiger partial charge in [-0.15, -0.1) is 0 Å². The van der Waals surface area contributed by atoms with E-state index in [1.807, 2.05) is 12.2 Å². The summed E-state index contributed by atoms with van der Waals surface area (Å²) in [6.45, 7) is 0. The number of carbonyl (C=O) groups is 1. The molecule has 0 aromatic carbocycles. The fraction of sp³-hybridized carbons (Fsp3) is 0.400. The van der Waals surface area contributed by atoms with E-state index >= 15 is 0 Å². The van der Waals surface area contributed by atoms with Gasteiger partial charge in [-0.1, -0.05) is 12.2 Å². The fourth-order valence-electron chi connectivity index (χ4n) is 1.89. The number of methoxy groups -OCH3 is 1. The summed E-state index contributed by atoms with van der Waals surface area (Å²) in [4.78, 5) is 12.3. The molecule has 0 bridgehead atoms. The first-order valence-corrected chi connectivity index (χ1v) is 5.73. The van der Waals surface area contributed by atoms with Crippen LogP contribution in [0.3, 0.4) is 0 Å². The summed E-state index contributed by atoms with van der Waals surface area (Å²) in [7, 11) is 0.507. The minimum Gasteiger partial charge on any atom is -0.469 e. The molecule has 2 unspecified atom stereocenters. The third-order valence-corrected chi connectivity index (χ3v) is 3.96. The van der Waals surface area contributed by atoms with Crippen molar-refractivity contribution in [1.82, 2.24) is 0 Å². The fourth-order valence-corrected chi connectivity index (χ4v) is 3.21. The predicted molar refractivity (Wildman–Crippen MR) is 57.2 cm³/mol. The highest BCUT2D eigenvalue weighted by molar-refractivity contribution is 8.13. The number of allylic oxidation sites excluding steroid dienone is 3. The van der Waals surface area contributed by atoms with Crippen molar-refractivity contribution in [3.63, 3.8) is 0 Å². The second kappa shape index (κ2) is 3.71. The quantitative estimate of drug-likeness (QED) is 0.533. The zero-order valence-corrected chi connectivity index (χ0v) is 8.71. The standard InChI is InChI=1S/C10H12O3S/c1-13-10(11)8-5-4-7-3-2-6-14(12)9(7)8/h2-3,6,8,12H,4-5H2,1H3. The normalized spacial score (nSPS) is 29.9. The van der Waals surface area contributed by atoms with Crippen LogP contribution in [0.5, 0.6) is 0 Å². The first-order valence-electron chi connectivity index (χ1n) is 4.48. The molecule has 1 heterocycles. The molecule has 2 aliphatic rings. The number of carbonyl (C=O) groups excluding carboxylic acids is 1. The van der Waals surface area contributed by atoms with Crippen molar-refractivity contribution in [2.24, 2.45) is 5.92 Å². The Labute approximate surface area is 85.2 Å². The van der Waals surface area contributed by atoms with Crippen LogP contribution in [0.2, 0.25) is 0 Å². The van der Waals surface area contributed by atoms with E-state index in [0.29, 0.717) is 0 Å². The van der Waals surface area contributed by atoms with E-state index in [2.05, 4.69) is 0 Å². The predicted octanol–water partition coefficient (Wildman–Crippen LogP) is 1.94. The van der Waals surface area contributed by atoms with Crippen LogP contribution in [0.4, 0.5) is 0 Å². The molecule has 0 aromatic heterocycles. The molecule has 0 fully saturated rings. The van der Waals surface area contributed by atoms with Crippen LogP contribution in [0, 0.1) is 5.92 Å². The zero-order valence-electron chi connectivity index (χ0n) is 7.90. The lowest BCUT2D eigenvalue weighted by molar-refractivity contribution is -0.143. The zero-order chi connectivity index (χ0) is 10.1. The maximum absolute atomic E-state index is 11.4. The van der Waals surface area contributed by atoms with Crippen LogP contribution in [-0.4, -0.2) is 23.0 Å². The Morgan fingerprint density at radius 2 is 2.50 bits per heavy atom. The molecule has 2 atom stereocenters. The van der Waals surface area contributed by atoms with Crippen molar-refractivity contribution in [2.45, 2.75) is 12.8 Å². The van der Waals surface area contributed by atoms with E-state index in [-0.39, 0.29) is 11.9 Å². The minimum atomic E-state index is -0.881. The second-order valence-corrected chi connectivity index (χ2v) is 4.65. The topological polar surface area (TPSA) is 46.5 Å². The maximum Gasteiger partial charge on any atom is 0.313 e. The highest BCUT2D eigenvalue weighted by atomic mass is 32.2. The summed E-state index contributed by atoms with van der Waals surface area (Å²) < 4.78 is 14.5. The summed E-state index contributed by atoms with van der Waals surface area (Å²) in [5.74, 6) is -0.463. The molecule has 4 heteroatoms. The van der Waals surface area contributed by atoms with Gasteiger partial charge in [0.05, 0.1) is 13.0 Å². The molecule has 14 heavy (non-hydrogen) atoms. The highest BCUT2D eigenvalue weighted by Crippen LogP contribution is 2.43. The lowest BCUT2D eigenvalue weighted by Crippen LogP contribution is -2.15. The van der Waals surface area contributed by atoms with E-state index in [1.54, 1.807) is 5.37 Å². The van der Waals surface area contributed by atoms with Crippen LogP contribution >= 0.6 is 10.8 Å². The third-order valence-electron chi connectivity index (χ3n) is 2.55. The van der Waals surface area contributed by atoms with Gasteiger partial charge in [-0.05, 0) is 34.5 Å². The van der Waals surface area contributed by atoms with Crippen molar-refractivity contribution < 1.29 is 14.1 Å².